The zero-order chi connectivity index (χ0) is 19.7. The molecule has 0 fully saturated rings. The lowest BCUT2D eigenvalue weighted by molar-refractivity contribution is -0.140. The van der Waals surface area contributed by atoms with Crippen molar-refractivity contribution < 1.29 is 9.53 Å². The number of carbonyl (C=O) groups is 1. The van der Waals surface area contributed by atoms with E-state index >= 15 is 0 Å². The maximum atomic E-state index is 13.5. The first-order valence-electron chi connectivity index (χ1n) is 9.77. The van der Waals surface area contributed by atoms with E-state index in [-0.39, 0.29) is 17.9 Å². The van der Waals surface area contributed by atoms with Crippen LogP contribution in [0.1, 0.15) is 41.7 Å². The van der Waals surface area contributed by atoms with Crippen molar-refractivity contribution in [1.29, 1.82) is 0 Å². The molecule has 2 heterocycles. The minimum atomic E-state index is -0.257. The van der Waals surface area contributed by atoms with Gasteiger partial charge in [0.25, 0.3) is 5.56 Å². The zero-order valence-electron chi connectivity index (χ0n) is 16.3. The monoisotopic (exact) mass is 396 g/mol. The highest BCUT2D eigenvalue weighted by atomic mass is 32.1. The van der Waals surface area contributed by atoms with Gasteiger partial charge in [0.1, 0.15) is 10.7 Å². The molecule has 5 nitrogen and oxygen atoms in total. The molecule has 0 aliphatic heterocycles. The van der Waals surface area contributed by atoms with Crippen LogP contribution in [0.2, 0.25) is 0 Å². The van der Waals surface area contributed by atoms with Gasteiger partial charge in [-0.15, -0.1) is 11.3 Å². The number of hydrogen-bond donors (Lipinski definition) is 0. The predicted octanol–water partition coefficient (Wildman–Crippen LogP) is 4.27. The average molecular weight is 397 g/mol. The predicted molar refractivity (Wildman–Crippen MR) is 112 cm³/mol. The lowest BCUT2D eigenvalue weighted by Crippen LogP contribution is -2.24. The highest BCUT2D eigenvalue weighted by molar-refractivity contribution is 7.18. The maximum absolute atomic E-state index is 13.5. The molecule has 6 heteroatoms. The number of thiophene rings is 1. The smallest absolute Gasteiger partial charge is 0.305 e. The van der Waals surface area contributed by atoms with Crippen LogP contribution in [0.25, 0.3) is 21.6 Å². The number of esters is 1. The summed E-state index contributed by atoms with van der Waals surface area (Å²) in [6, 6.07) is 8.06. The Labute approximate surface area is 168 Å². The summed E-state index contributed by atoms with van der Waals surface area (Å²) < 4.78 is 6.49. The van der Waals surface area contributed by atoms with Crippen molar-refractivity contribution in [3.63, 3.8) is 0 Å². The number of carbonyl (C=O) groups excluding carboxylic acids is 1. The molecule has 0 spiro atoms. The van der Waals surface area contributed by atoms with Crippen LogP contribution < -0.4 is 5.56 Å². The first-order valence-corrected chi connectivity index (χ1v) is 10.6. The molecular formula is C22H24N2O3S. The molecule has 0 amide bonds. The second kappa shape index (κ2) is 7.87. The molecule has 0 unspecified atom stereocenters. The normalized spacial score (nSPS) is 13.5. The number of benzene rings is 1. The van der Waals surface area contributed by atoms with E-state index in [1.807, 2.05) is 25.1 Å². The third-order valence-electron chi connectivity index (χ3n) is 5.34. The molecule has 0 saturated carbocycles. The number of methoxy groups -OCH3 is 1. The largest absolute Gasteiger partial charge is 0.469 e. The second-order valence-corrected chi connectivity index (χ2v) is 8.42. The van der Waals surface area contributed by atoms with Gasteiger partial charge < -0.3 is 4.74 Å². The topological polar surface area (TPSA) is 61.2 Å². The Balaban J connectivity index is 1.86. The van der Waals surface area contributed by atoms with Gasteiger partial charge in [-0.2, -0.15) is 0 Å². The number of rotatable bonds is 5. The summed E-state index contributed by atoms with van der Waals surface area (Å²) in [6.45, 7) is 2.48. The van der Waals surface area contributed by atoms with Gasteiger partial charge in [-0.05, 0) is 50.7 Å². The molecule has 0 bridgehead atoms. The lowest BCUT2D eigenvalue weighted by Gasteiger charge is -2.14. The first kappa shape index (κ1) is 18.9. The van der Waals surface area contributed by atoms with Crippen molar-refractivity contribution in [3.8, 4) is 11.4 Å². The molecule has 0 saturated heterocycles. The van der Waals surface area contributed by atoms with Crippen molar-refractivity contribution in [2.75, 3.05) is 7.11 Å². The van der Waals surface area contributed by atoms with Crippen LogP contribution in [0, 0.1) is 6.92 Å². The Morgan fingerprint density at radius 1 is 1.29 bits per heavy atom. The summed E-state index contributed by atoms with van der Waals surface area (Å²) in [5.41, 5.74) is 3.27. The van der Waals surface area contributed by atoms with Crippen LogP contribution in [0.4, 0.5) is 0 Å². The number of aryl methyl sites for hydroxylation is 3. The fourth-order valence-corrected chi connectivity index (χ4v) is 5.19. The number of aromatic nitrogens is 2. The summed E-state index contributed by atoms with van der Waals surface area (Å²) in [6.07, 6.45) is 5.13. The van der Waals surface area contributed by atoms with Gasteiger partial charge in [0, 0.05) is 23.4 Å². The fourth-order valence-electron chi connectivity index (χ4n) is 3.93. The Hall–Kier alpha value is -2.47. The van der Waals surface area contributed by atoms with E-state index in [0.717, 1.165) is 40.6 Å². The van der Waals surface area contributed by atoms with Gasteiger partial charge in [-0.25, -0.2) is 4.98 Å². The molecule has 0 N–H and O–H groups in total. The highest BCUT2D eigenvalue weighted by Crippen LogP contribution is 2.35. The van der Waals surface area contributed by atoms with Crippen molar-refractivity contribution in [1.82, 2.24) is 9.55 Å². The fraction of sp³-hybridized carbons (Fsp3) is 0.409. The summed E-state index contributed by atoms with van der Waals surface area (Å²) in [4.78, 5) is 32.1. The molecule has 146 valence electrons. The van der Waals surface area contributed by atoms with Crippen LogP contribution in [0.5, 0.6) is 0 Å². The number of ether oxygens (including phenoxy) is 1. The van der Waals surface area contributed by atoms with Crippen molar-refractivity contribution in [2.24, 2.45) is 0 Å². The van der Waals surface area contributed by atoms with Gasteiger partial charge >= 0.3 is 5.97 Å². The van der Waals surface area contributed by atoms with E-state index in [1.54, 1.807) is 15.9 Å². The van der Waals surface area contributed by atoms with Crippen molar-refractivity contribution in [3.05, 3.63) is 50.6 Å². The first-order chi connectivity index (χ1) is 13.6. The number of hydrogen-bond acceptors (Lipinski definition) is 5. The molecule has 28 heavy (non-hydrogen) atoms. The van der Waals surface area contributed by atoms with E-state index in [9.17, 15) is 9.59 Å². The lowest BCUT2D eigenvalue weighted by atomic mass is 9.97. The summed E-state index contributed by atoms with van der Waals surface area (Å²) in [7, 11) is 1.39. The third kappa shape index (κ3) is 3.49. The standard InChI is InChI=1S/C22H24N2O3S/c1-14-7-5-8-15(13-14)20-23-21-19(16-9-3-4-10-17(16)28-21)22(26)24(20)12-6-11-18(25)27-2/h5,7-8,13H,3-4,6,9-12H2,1-2H3. The highest BCUT2D eigenvalue weighted by Gasteiger charge is 2.22. The van der Waals surface area contributed by atoms with Crippen LogP contribution in [0.3, 0.4) is 0 Å². The minimum absolute atomic E-state index is 0.0192. The summed E-state index contributed by atoms with van der Waals surface area (Å²) >= 11 is 1.67. The van der Waals surface area contributed by atoms with Gasteiger partial charge in [0.05, 0.1) is 12.5 Å². The molecule has 1 aliphatic carbocycles. The molecule has 1 aliphatic rings. The van der Waals surface area contributed by atoms with Gasteiger partial charge in [0.2, 0.25) is 0 Å². The van der Waals surface area contributed by atoms with E-state index in [2.05, 4.69) is 6.07 Å². The van der Waals surface area contributed by atoms with Gasteiger partial charge in [0.15, 0.2) is 0 Å². The molecule has 2 aromatic heterocycles. The zero-order valence-corrected chi connectivity index (χ0v) is 17.1. The Morgan fingerprint density at radius 3 is 2.89 bits per heavy atom. The van der Waals surface area contributed by atoms with Crippen LogP contribution in [-0.4, -0.2) is 22.6 Å². The molecule has 0 atom stereocenters. The SMILES string of the molecule is COC(=O)CCCn1c(-c2cccc(C)c2)nc2sc3c(c2c1=O)CCCC3. The Bertz CT molecular complexity index is 1100. The van der Waals surface area contributed by atoms with E-state index < -0.39 is 0 Å². The second-order valence-electron chi connectivity index (χ2n) is 7.33. The molecule has 1 aromatic carbocycles. The molecule has 3 aromatic rings. The Morgan fingerprint density at radius 2 is 2.11 bits per heavy atom. The van der Waals surface area contributed by atoms with Crippen LogP contribution in [0.15, 0.2) is 29.1 Å². The van der Waals surface area contributed by atoms with Crippen LogP contribution >= 0.6 is 11.3 Å². The summed E-state index contributed by atoms with van der Waals surface area (Å²) in [5, 5.41) is 0.786. The molecular weight excluding hydrogens is 372 g/mol. The summed E-state index contributed by atoms with van der Waals surface area (Å²) in [5.74, 6) is 0.428. The number of nitrogens with zero attached hydrogens (tertiary/aromatic N) is 2. The number of fused-ring (bicyclic) bond motifs is 3. The Kier molecular flexibility index (Phi) is 5.31. The van der Waals surface area contributed by atoms with E-state index in [4.69, 9.17) is 9.72 Å². The maximum Gasteiger partial charge on any atom is 0.305 e. The van der Waals surface area contributed by atoms with Crippen LogP contribution in [-0.2, 0) is 28.9 Å². The van der Waals surface area contributed by atoms with Crippen molar-refractivity contribution in [2.45, 2.75) is 52.0 Å². The molecule has 0 radical (unpaired) electrons. The quantitative estimate of drug-likeness (QED) is 0.605. The average Bonchev–Trinajstić information content (AvgIpc) is 3.08. The van der Waals surface area contributed by atoms with E-state index in [1.165, 1.54) is 24.0 Å². The molecule has 4 rings (SSSR count). The minimum Gasteiger partial charge on any atom is -0.469 e. The van der Waals surface area contributed by atoms with Crippen molar-refractivity contribution >= 4 is 27.5 Å². The van der Waals surface area contributed by atoms with Gasteiger partial charge in [-0.1, -0.05) is 23.8 Å². The van der Waals surface area contributed by atoms with Gasteiger partial charge in [-0.3, -0.25) is 14.2 Å². The van der Waals surface area contributed by atoms with E-state index in [0.29, 0.717) is 18.8 Å². The third-order valence-corrected chi connectivity index (χ3v) is 6.53.